The number of fused-ring (bicyclic) bond motifs is 1. The minimum atomic E-state index is 0.484. The van der Waals surface area contributed by atoms with Crippen molar-refractivity contribution in [2.45, 2.75) is 6.42 Å². The molecular weight excluding hydrogens is 340 g/mol. The van der Waals surface area contributed by atoms with Gasteiger partial charge in [0.15, 0.2) is 11.5 Å². The highest BCUT2D eigenvalue weighted by molar-refractivity contribution is 5.93. The first kappa shape index (κ1) is 17.0. The van der Waals surface area contributed by atoms with Crippen molar-refractivity contribution in [3.05, 3.63) is 73.2 Å². The number of aromatic nitrogens is 3. The van der Waals surface area contributed by atoms with Gasteiger partial charge in [-0.1, -0.05) is 18.2 Å². The number of benzene rings is 1. The Hall–Kier alpha value is -3.41. The summed E-state index contributed by atoms with van der Waals surface area (Å²) in [5.74, 6) is 1.98. The highest BCUT2D eigenvalue weighted by Crippen LogP contribution is 2.35. The van der Waals surface area contributed by atoms with Crippen LogP contribution < -0.4 is 14.8 Å². The van der Waals surface area contributed by atoms with E-state index in [0.29, 0.717) is 23.9 Å². The van der Waals surface area contributed by atoms with Gasteiger partial charge >= 0.3 is 0 Å². The fraction of sp³-hybridized carbons (Fsp3) is 0.143. The lowest BCUT2D eigenvalue weighted by atomic mass is 10.1. The van der Waals surface area contributed by atoms with Gasteiger partial charge in [-0.15, -0.1) is 0 Å². The number of ether oxygens (including phenoxy) is 2. The molecule has 0 unspecified atom stereocenters. The molecule has 1 aromatic carbocycles. The Kier molecular flexibility index (Phi) is 4.96. The Bertz CT molecular complexity index is 1000. The maximum absolute atomic E-state index is 5.98. The topological polar surface area (TPSA) is 69.2 Å². The predicted molar refractivity (Wildman–Crippen MR) is 105 cm³/mol. The highest BCUT2D eigenvalue weighted by atomic mass is 16.5. The first-order valence-electron chi connectivity index (χ1n) is 8.65. The Morgan fingerprint density at radius 1 is 1.19 bits per heavy atom. The number of allylic oxidation sites excluding steroid dienone is 2. The third-order valence-corrected chi connectivity index (χ3v) is 4.20. The Morgan fingerprint density at radius 3 is 2.93 bits per heavy atom. The van der Waals surface area contributed by atoms with Crippen LogP contribution in [0.5, 0.6) is 11.5 Å². The Labute approximate surface area is 157 Å². The van der Waals surface area contributed by atoms with Crippen molar-refractivity contribution < 1.29 is 9.47 Å². The molecule has 0 atom stereocenters. The van der Waals surface area contributed by atoms with Gasteiger partial charge in [0, 0.05) is 17.6 Å². The summed E-state index contributed by atoms with van der Waals surface area (Å²) in [6, 6.07) is 7.56. The predicted octanol–water partition coefficient (Wildman–Crippen LogP) is 4.25. The second-order valence-corrected chi connectivity index (χ2v) is 6.01. The lowest BCUT2D eigenvalue weighted by Gasteiger charge is -2.14. The second kappa shape index (κ2) is 7.86. The Balaban J connectivity index is 1.64. The number of methoxy groups -OCH3 is 1. The van der Waals surface area contributed by atoms with E-state index in [4.69, 9.17) is 9.47 Å². The van der Waals surface area contributed by atoms with Crippen LogP contribution in [-0.4, -0.2) is 28.7 Å². The molecule has 0 bridgehead atoms. The van der Waals surface area contributed by atoms with Crippen LogP contribution in [0.15, 0.2) is 66.8 Å². The molecule has 0 saturated carbocycles. The molecule has 6 nitrogen and oxygen atoms in total. The van der Waals surface area contributed by atoms with E-state index in [0.717, 1.165) is 28.6 Å². The van der Waals surface area contributed by atoms with E-state index >= 15 is 0 Å². The van der Waals surface area contributed by atoms with Crippen molar-refractivity contribution >= 4 is 22.4 Å². The molecule has 0 fully saturated rings. The van der Waals surface area contributed by atoms with Crippen molar-refractivity contribution in [2.75, 3.05) is 19.0 Å². The number of hydrogen-bond donors (Lipinski definition) is 1. The molecular formula is C21H19N4O2. The number of hydrogen-bond acceptors (Lipinski definition) is 6. The van der Waals surface area contributed by atoms with Gasteiger partial charge in [-0.25, -0.2) is 9.97 Å². The van der Waals surface area contributed by atoms with Crippen LogP contribution in [-0.2, 0) is 0 Å². The summed E-state index contributed by atoms with van der Waals surface area (Å²) in [5, 5.41) is 4.11. The maximum Gasteiger partial charge on any atom is 0.163 e. The van der Waals surface area contributed by atoms with Gasteiger partial charge < -0.3 is 14.8 Å². The van der Waals surface area contributed by atoms with E-state index in [-0.39, 0.29) is 0 Å². The first-order valence-corrected chi connectivity index (χ1v) is 8.65. The molecule has 1 radical (unpaired) electrons. The van der Waals surface area contributed by atoms with Gasteiger partial charge in [0.25, 0.3) is 0 Å². The van der Waals surface area contributed by atoms with E-state index in [1.807, 2.05) is 30.3 Å². The number of pyridine rings is 1. The summed E-state index contributed by atoms with van der Waals surface area (Å²) >= 11 is 0. The minimum absolute atomic E-state index is 0.484. The summed E-state index contributed by atoms with van der Waals surface area (Å²) in [4.78, 5) is 12.9. The fourth-order valence-corrected chi connectivity index (χ4v) is 2.84. The molecule has 1 N–H and O–H groups in total. The number of anilines is 2. The average molecular weight is 359 g/mol. The normalized spacial score (nSPS) is 13.3. The van der Waals surface area contributed by atoms with E-state index < -0.39 is 0 Å². The SMILES string of the molecule is COc1cc2c(Nc3cccnc3)ncnc2cc1OCC1=CC[CH]C=C1. The number of rotatable bonds is 6. The molecule has 2 heterocycles. The molecule has 6 heteroatoms. The molecule has 0 spiro atoms. The summed E-state index contributed by atoms with van der Waals surface area (Å²) in [7, 11) is 1.63. The van der Waals surface area contributed by atoms with E-state index in [1.165, 1.54) is 6.33 Å². The molecule has 0 amide bonds. The average Bonchev–Trinajstić information content (AvgIpc) is 2.73. The monoisotopic (exact) mass is 359 g/mol. The van der Waals surface area contributed by atoms with Crippen LogP contribution >= 0.6 is 0 Å². The lowest BCUT2D eigenvalue weighted by Crippen LogP contribution is -2.03. The van der Waals surface area contributed by atoms with E-state index in [1.54, 1.807) is 19.5 Å². The summed E-state index contributed by atoms with van der Waals surface area (Å²) in [6.07, 6.45) is 14.3. The summed E-state index contributed by atoms with van der Waals surface area (Å²) in [6.45, 7) is 0.484. The van der Waals surface area contributed by atoms with Crippen molar-refractivity contribution in [1.82, 2.24) is 15.0 Å². The Morgan fingerprint density at radius 2 is 2.15 bits per heavy atom. The molecule has 4 rings (SSSR count). The zero-order chi connectivity index (χ0) is 18.5. The summed E-state index contributed by atoms with van der Waals surface area (Å²) in [5.41, 5.74) is 2.76. The summed E-state index contributed by atoms with van der Waals surface area (Å²) < 4.78 is 11.5. The standard InChI is InChI=1S/C21H19N4O2/c1-26-19-10-17-18(11-20(19)27-13-15-6-3-2-4-7-15)23-14-24-21(17)25-16-8-5-9-22-12-16/h2-3,5-12,14H,4,13H2,1H3,(H,23,24,25). The van der Waals surface area contributed by atoms with Crippen LogP contribution in [0.3, 0.4) is 0 Å². The minimum Gasteiger partial charge on any atom is -0.493 e. The molecule has 3 aromatic rings. The third kappa shape index (κ3) is 3.89. The molecule has 1 aliphatic rings. The van der Waals surface area contributed by atoms with Gasteiger partial charge in [-0.05, 0) is 36.6 Å². The zero-order valence-electron chi connectivity index (χ0n) is 14.9. The van der Waals surface area contributed by atoms with Crippen LogP contribution in [0.25, 0.3) is 10.9 Å². The maximum atomic E-state index is 5.98. The quantitative estimate of drug-likeness (QED) is 0.710. The molecule has 135 valence electrons. The van der Waals surface area contributed by atoms with Gasteiger partial charge in [0.05, 0.1) is 24.5 Å². The fourth-order valence-electron chi connectivity index (χ4n) is 2.84. The van der Waals surface area contributed by atoms with Gasteiger partial charge in [-0.2, -0.15) is 0 Å². The van der Waals surface area contributed by atoms with Gasteiger partial charge in [-0.3, -0.25) is 4.98 Å². The van der Waals surface area contributed by atoms with Crippen LogP contribution in [0.1, 0.15) is 6.42 Å². The molecule has 0 aliphatic heterocycles. The molecule has 0 saturated heterocycles. The largest absolute Gasteiger partial charge is 0.493 e. The zero-order valence-corrected chi connectivity index (χ0v) is 14.9. The lowest BCUT2D eigenvalue weighted by molar-refractivity contribution is 0.322. The molecule has 2 aromatic heterocycles. The van der Waals surface area contributed by atoms with E-state index in [2.05, 4.69) is 38.8 Å². The molecule has 27 heavy (non-hydrogen) atoms. The first-order chi connectivity index (χ1) is 13.3. The van der Waals surface area contributed by atoms with Crippen LogP contribution in [0.2, 0.25) is 0 Å². The number of nitrogens with one attached hydrogen (secondary N) is 1. The van der Waals surface area contributed by atoms with Crippen molar-refractivity contribution in [2.24, 2.45) is 0 Å². The smallest absolute Gasteiger partial charge is 0.163 e. The van der Waals surface area contributed by atoms with Crippen molar-refractivity contribution in [3.63, 3.8) is 0 Å². The van der Waals surface area contributed by atoms with Crippen LogP contribution in [0.4, 0.5) is 11.5 Å². The van der Waals surface area contributed by atoms with Crippen molar-refractivity contribution in [3.8, 4) is 11.5 Å². The number of nitrogens with zero attached hydrogens (tertiary/aromatic N) is 3. The van der Waals surface area contributed by atoms with Crippen molar-refractivity contribution in [1.29, 1.82) is 0 Å². The van der Waals surface area contributed by atoms with Gasteiger partial charge in [0.1, 0.15) is 18.8 Å². The molecule has 1 aliphatic carbocycles. The second-order valence-electron chi connectivity index (χ2n) is 6.01. The highest BCUT2D eigenvalue weighted by Gasteiger charge is 2.12. The third-order valence-electron chi connectivity index (χ3n) is 4.20. The van der Waals surface area contributed by atoms with Gasteiger partial charge in [0.2, 0.25) is 0 Å². The van der Waals surface area contributed by atoms with Crippen LogP contribution in [0, 0.1) is 6.42 Å². The van der Waals surface area contributed by atoms with E-state index in [9.17, 15) is 0 Å².